The molecule has 0 atom stereocenters. The van der Waals surface area contributed by atoms with E-state index in [1.165, 1.54) is 0 Å². The Hall–Kier alpha value is -1.66. The van der Waals surface area contributed by atoms with Gasteiger partial charge >= 0.3 is 0 Å². The summed E-state index contributed by atoms with van der Waals surface area (Å²) in [6.07, 6.45) is 0. The highest BCUT2D eigenvalue weighted by molar-refractivity contribution is 9.10. The van der Waals surface area contributed by atoms with Gasteiger partial charge in [0.25, 0.3) is 0 Å². The molecular weight excluding hydrogens is 269 g/mol. The molecule has 1 nitrogen and oxygen atoms in total. The van der Waals surface area contributed by atoms with Crippen molar-refractivity contribution < 1.29 is 4.39 Å². The Morgan fingerprint density at radius 1 is 1.06 bits per heavy atom. The van der Waals surface area contributed by atoms with Crippen LogP contribution in [0.3, 0.4) is 0 Å². The minimum atomic E-state index is -0.512. The van der Waals surface area contributed by atoms with Crippen LogP contribution in [0, 0.1) is 17.1 Å². The SMILES string of the molecule is N#Cc1cc(-c2ccccc2)cc(Br)c1F. The summed E-state index contributed by atoms with van der Waals surface area (Å²) in [5.74, 6) is -0.512. The molecular formula is C13H7BrFN. The van der Waals surface area contributed by atoms with Gasteiger partial charge in [-0.2, -0.15) is 5.26 Å². The third kappa shape index (κ3) is 1.98. The van der Waals surface area contributed by atoms with Gasteiger partial charge in [-0.05, 0) is 39.2 Å². The second kappa shape index (κ2) is 4.46. The van der Waals surface area contributed by atoms with Crippen LogP contribution in [0.2, 0.25) is 0 Å². The standard InChI is InChI=1S/C13H7BrFN/c14-12-7-10(6-11(8-16)13(12)15)9-4-2-1-3-5-9/h1-7H. The Labute approximate surface area is 101 Å². The monoisotopic (exact) mass is 275 g/mol. The second-order valence-corrected chi connectivity index (χ2v) is 4.15. The zero-order valence-electron chi connectivity index (χ0n) is 8.24. The van der Waals surface area contributed by atoms with Gasteiger partial charge < -0.3 is 0 Å². The molecule has 3 heteroatoms. The van der Waals surface area contributed by atoms with E-state index in [4.69, 9.17) is 5.26 Å². The molecule has 0 aliphatic rings. The number of nitrogens with zero attached hydrogens (tertiary/aromatic N) is 1. The van der Waals surface area contributed by atoms with Crippen molar-refractivity contribution in [3.63, 3.8) is 0 Å². The van der Waals surface area contributed by atoms with Crippen molar-refractivity contribution >= 4 is 15.9 Å². The molecule has 16 heavy (non-hydrogen) atoms. The van der Waals surface area contributed by atoms with Crippen LogP contribution in [0.25, 0.3) is 11.1 Å². The van der Waals surface area contributed by atoms with Gasteiger partial charge in [-0.3, -0.25) is 0 Å². The number of halogens is 2. The largest absolute Gasteiger partial charge is 0.204 e. The van der Waals surface area contributed by atoms with Gasteiger partial charge in [-0.15, -0.1) is 0 Å². The summed E-state index contributed by atoms with van der Waals surface area (Å²) in [5, 5.41) is 8.80. The van der Waals surface area contributed by atoms with Gasteiger partial charge in [0.1, 0.15) is 6.07 Å². The van der Waals surface area contributed by atoms with Crippen molar-refractivity contribution in [2.75, 3.05) is 0 Å². The molecule has 0 heterocycles. The van der Waals surface area contributed by atoms with Gasteiger partial charge in [-0.1, -0.05) is 30.3 Å². The van der Waals surface area contributed by atoms with E-state index >= 15 is 0 Å². The number of hydrogen-bond acceptors (Lipinski definition) is 1. The number of benzene rings is 2. The molecule has 0 N–H and O–H groups in total. The summed E-state index contributed by atoms with van der Waals surface area (Å²) >= 11 is 3.11. The average molecular weight is 276 g/mol. The van der Waals surface area contributed by atoms with E-state index in [0.717, 1.165) is 11.1 Å². The first-order valence-electron chi connectivity index (χ1n) is 4.67. The molecule has 2 aromatic carbocycles. The first-order valence-corrected chi connectivity index (χ1v) is 5.46. The molecule has 0 saturated heterocycles. The summed E-state index contributed by atoms with van der Waals surface area (Å²) in [5.41, 5.74) is 1.83. The van der Waals surface area contributed by atoms with E-state index < -0.39 is 5.82 Å². The summed E-state index contributed by atoms with van der Waals surface area (Å²) in [6.45, 7) is 0. The van der Waals surface area contributed by atoms with Crippen LogP contribution >= 0.6 is 15.9 Å². The third-order valence-electron chi connectivity index (χ3n) is 2.26. The summed E-state index contributed by atoms with van der Waals surface area (Å²) in [7, 11) is 0. The molecule has 0 unspecified atom stereocenters. The molecule has 2 rings (SSSR count). The van der Waals surface area contributed by atoms with Gasteiger partial charge in [-0.25, -0.2) is 4.39 Å². The first kappa shape index (κ1) is 10.8. The first-order chi connectivity index (χ1) is 7.72. The van der Waals surface area contributed by atoms with Crippen molar-refractivity contribution in [2.24, 2.45) is 0 Å². The maximum atomic E-state index is 13.4. The topological polar surface area (TPSA) is 23.8 Å². The maximum Gasteiger partial charge on any atom is 0.155 e. The minimum Gasteiger partial charge on any atom is -0.204 e. The lowest BCUT2D eigenvalue weighted by atomic mass is 10.0. The number of nitriles is 1. The van der Waals surface area contributed by atoms with Crippen molar-refractivity contribution in [1.82, 2.24) is 0 Å². The second-order valence-electron chi connectivity index (χ2n) is 3.30. The van der Waals surface area contributed by atoms with E-state index in [2.05, 4.69) is 15.9 Å². The molecule has 0 radical (unpaired) electrons. The smallest absolute Gasteiger partial charge is 0.155 e. The summed E-state index contributed by atoms with van der Waals surface area (Å²) in [4.78, 5) is 0. The van der Waals surface area contributed by atoms with Crippen molar-refractivity contribution in [3.8, 4) is 17.2 Å². The Kier molecular flexibility index (Phi) is 3.02. The quantitative estimate of drug-likeness (QED) is 0.768. The highest BCUT2D eigenvalue weighted by Crippen LogP contribution is 2.27. The Bertz CT molecular complexity index is 558. The van der Waals surface area contributed by atoms with Crippen LogP contribution in [0.15, 0.2) is 46.9 Å². The van der Waals surface area contributed by atoms with Crippen LogP contribution in [-0.2, 0) is 0 Å². The molecule has 0 aliphatic heterocycles. The predicted molar refractivity (Wildman–Crippen MR) is 64.3 cm³/mol. The molecule has 78 valence electrons. The van der Waals surface area contributed by atoms with E-state index in [1.807, 2.05) is 36.4 Å². The van der Waals surface area contributed by atoms with Crippen molar-refractivity contribution in [3.05, 3.63) is 58.3 Å². The van der Waals surface area contributed by atoms with Crippen LogP contribution in [-0.4, -0.2) is 0 Å². The Balaban J connectivity index is 2.61. The lowest BCUT2D eigenvalue weighted by molar-refractivity contribution is 0.617. The highest BCUT2D eigenvalue weighted by Gasteiger charge is 2.09. The fourth-order valence-electron chi connectivity index (χ4n) is 1.47. The molecule has 0 aromatic heterocycles. The molecule has 0 bridgehead atoms. The van der Waals surface area contributed by atoms with Crippen LogP contribution in [0.1, 0.15) is 5.56 Å². The maximum absolute atomic E-state index is 13.4. The van der Waals surface area contributed by atoms with Gasteiger partial charge in [0.2, 0.25) is 0 Å². The molecule has 2 aromatic rings. The molecule has 0 amide bonds. The normalized spacial score (nSPS) is 9.81. The third-order valence-corrected chi connectivity index (χ3v) is 2.83. The number of hydrogen-bond donors (Lipinski definition) is 0. The molecule has 0 saturated carbocycles. The Morgan fingerprint density at radius 3 is 2.38 bits per heavy atom. The van der Waals surface area contributed by atoms with E-state index in [0.29, 0.717) is 4.47 Å². The zero-order valence-corrected chi connectivity index (χ0v) is 9.83. The van der Waals surface area contributed by atoms with Crippen LogP contribution < -0.4 is 0 Å². The van der Waals surface area contributed by atoms with Crippen LogP contribution in [0.4, 0.5) is 4.39 Å². The average Bonchev–Trinajstić information content (AvgIpc) is 2.33. The van der Waals surface area contributed by atoms with E-state index in [-0.39, 0.29) is 5.56 Å². The van der Waals surface area contributed by atoms with Crippen molar-refractivity contribution in [1.29, 1.82) is 5.26 Å². The molecule has 0 aliphatic carbocycles. The lowest BCUT2D eigenvalue weighted by Gasteiger charge is -2.04. The van der Waals surface area contributed by atoms with E-state index in [1.54, 1.807) is 12.1 Å². The fourth-order valence-corrected chi connectivity index (χ4v) is 1.93. The summed E-state index contributed by atoms with van der Waals surface area (Å²) in [6, 6.07) is 14.6. The van der Waals surface area contributed by atoms with Crippen molar-refractivity contribution in [2.45, 2.75) is 0 Å². The molecule has 0 spiro atoms. The van der Waals surface area contributed by atoms with Gasteiger partial charge in [0, 0.05) is 0 Å². The fraction of sp³-hybridized carbons (Fsp3) is 0. The summed E-state index contributed by atoms with van der Waals surface area (Å²) < 4.78 is 13.7. The predicted octanol–water partition coefficient (Wildman–Crippen LogP) is 4.13. The van der Waals surface area contributed by atoms with Gasteiger partial charge in [0.15, 0.2) is 5.82 Å². The van der Waals surface area contributed by atoms with Crippen LogP contribution in [0.5, 0.6) is 0 Å². The lowest BCUT2D eigenvalue weighted by Crippen LogP contribution is -1.88. The molecule has 0 fully saturated rings. The number of rotatable bonds is 1. The van der Waals surface area contributed by atoms with Gasteiger partial charge in [0.05, 0.1) is 10.0 Å². The zero-order chi connectivity index (χ0) is 11.5. The Morgan fingerprint density at radius 2 is 1.75 bits per heavy atom. The minimum absolute atomic E-state index is 0.0493. The van der Waals surface area contributed by atoms with E-state index in [9.17, 15) is 4.39 Å². The highest BCUT2D eigenvalue weighted by atomic mass is 79.9.